The maximum Gasteiger partial charge on any atom is 0.370 e. The van der Waals surface area contributed by atoms with Crippen molar-refractivity contribution in [3.05, 3.63) is 71.0 Å². The Morgan fingerprint density at radius 2 is 1.93 bits per heavy atom. The maximum absolute atomic E-state index is 11.6. The number of benzene rings is 2. The van der Waals surface area contributed by atoms with Crippen LogP contribution in [0.2, 0.25) is 0 Å². The molecule has 1 aliphatic carbocycles. The molecule has 2 aliphatic rings. The van der Waals surface area contributed by atoms with E-state index in [2.05, 4.69) is 30.3 Å². The number of unbranched alkanes of at least 4 members (excludes halogenated alkanes) is 1. The number of hydrogen-bond donors (Lipinski definition) is 2. The molecule has 2 aromatic rings. The molecule has 5 heteroatoms. The summed E-state index contributed by atoms with van der Waals surface area (Å²) in [5.41, 5.74) is 6.18. The molecule has 1 heterocycles. The van der Waals surface area contributed by atoms with Gasteiger partial charge in [0.2, 0.25) is 12.0 Å². The van der Waals surface area contributed by atoms with Crippen molar-refractivity contribution >= 4 is 5.97 Å². The summed E-state index contributed by atoms with van der Waals surface area (Å²) in [5, 5.41) is 18.4. The standard InChI is InChI=1S/C23H24O5/c24-10-3-4-11-27-22-14-16(13-21(28-22)23(25)26)18-8-5-9-19-17-7-2-1-6-15(17)12-20(18)19/h1-2,5-9,13,16,22,24H,3-4,10-12,14H2,(H,25,26)/t16-,22+/m0/s1. The summed E-state index contributed by atoms with van der Waals surface area (Å²) >= 11 is 0. The largest absolute Gasteiger partial charge is 0.475 e. The molecule has 0 unspecified atom stereocenters. The van der Waals surface area contributed by atoms with Crippen molar-refractivity contribution in [2.45, 2.75) is 37.9 Å². The van der Waals surface area contributed by atoms with E-state index in [0.717, 1.165) is 12.0 Å². The van der Waals surface area contributed by atoms with E-state index in [1.807, 2.05) is 12.1 Å². The minimum atomic E-state index is -1.08. The van der Waals surface area contributed by atoms with E-state index in [-0.39, 0.29) is 18.3 Å². The van der Waals surface area contributed by atoms with Gasteiger partial charge in [0, 0.05) is 18.9 Å². The Balaban J connectivity index is 1.61. The van der Waals surface area contributed by atoms with Crippen LogP contribution in [0.5, 0.6) is 0 Å². The fourth-order valence-corrected chi connectivity index (χ4v) is 4.09. The van der Waals surface area contributed by atoms with Crippen LogP contribution in [0, 0.1) is 0 Å². The minimum Gasteiger partial charge on any atom is -0.475 e. The van der Waals surface area contributed by atoms with Crippen molar-refractivity contribution < 1.29 is 24.5 Å². The summed E-state index contributed by atoms with van der Waals surface area (Å²) in [4.78, 5) is 11.6. The van der Waals surface area contributed by atoms with Crippen LogP contribution in [0.3, 0.4) is 0 Å². The van der Waals surface area contributed by atoms with Gasteiger partial charge in [0.1, 0.15) is 0 Å². The van der Waals surface area contributed by atoms with Gasteiger partial charge in [0.25, 0.3) is 0 Å². The Kier molecular flexibility index (Phi) is 5.46. The first-order valence-electron chi connectivity index (χ1n) is 9.71. The first-order chi connectivity index (χ1) is 13.7. The van der Waals surface area contributed by atoms with Crippen molar-refractivity contribution in [1.82, 2.24) is 0 Å². The lowest BCUT2D eigenvalue weighted by molar-refractivity contribution is -0.157. The second-order valence-corrected chi connectivity index (χ2v) is 7.23. The normalized spacial score (nSPS) is 20.1. The van der Waals surface area contributed by atoms with E-state index in [1.165, 1.54) is 22.3 Å². The van der Waals surface area contributed by atoms with Crippen molar-refractivity contribution in [3.8, 4) is 11.1 Å². The lowest BCUT2D eigenvalue weighted by Gasteiger charge is -2.29. The minimum absolute atomic E-state index is 0.0588. The highest BCUT2D eigenvalue weighted by atomic mass is 16.7. The van der Waals surface area contributed by atoms with Crippen molar-refractivity contribution in [3.63, 3.8) is 0 Å². The Bertz CT molecular complexity index is 902. The van der Waals surface area contributed by atoms with Crippen LogP contribution < -0.4 is 0 Å². The fourth-order valence-electron chi connectivity index (χ4n) is 4.09. The number of fused-ring (bicyclic) bond motifs is 3. The van der Waals surface area contributed by atoms with Crippen LogP contribution in [0.25, 0.3) is 11.1 Å². The zero-order valence-electron chi connectivity index (χ0n) is 15.6. The lowest BCUT2D eigenvalue weighted by atomic mass is 9.87. The molecular weight excluding hydrogens is 356 g/mol. The van der Waals surface area contributed by atoms with Gasteiger partial charge >= 0.3 is 5.97 Å². The quantitative estimate of drug-likeness (QED) is 0.609. The summed E-state index contributed by atoms with van der Waals surface area (Å²) in [7, 11) is 0. The van der Waals surface area contributed by atoms with Gasteiger partial charge in [0.05, 0.1) is 6.61 Å². The van der Waals surface area contributed by atoms with Crippen LogP contribution in [-0.4, -0.2) is 35.7 Å². The van der Waals surface area contributed by atoms with E-state index in [4.69, 9.17) is 14.6 Å². The number of carbonyl (C=O) groups is 1. The predicted molar refractivity (Wildman–Crippen MR) is 105 cm³/mol. The number of aliphatic hydroxyl groups is 1. The van der Waals surface area contributed by atoms with Gasteiger partial charge in [-0.1, -0.05) is 42.5 Å². The molecule has 0 saturated carbocycles. The van der Waals surface area contributed by atoms with E-state index >= 15 is 0 Å². The van der Waals surface area contributed by atoms with Gasteiger partial charge in [-0.3, -0.25) is 0 Å². The molecule has 0 saturated heterocycles. The molecule has 146 valence electrons. The highest BCUT2D eigenvalue weighted by molar-refractivity contribution is 5.85. The summed E-state index contributed by atoms with van der Waals surface area (Å²) in [6, 6.07) is 14.6. The number of hydrogen-bond acceptors (Lipinski definition) is 4. The molecule has 2 atom stereocenters. The number of carboxylic acid groups (broad SMARTS) is 1. The highest BCUT2D eigenvalue weighted by Crippen LogP contribution is 2.42. The predicted octanol–water partition coefficient (Wildman–Crippen LogP) is 3.85. The van der Waals surface area contributed by atoms with E-state index in [0.29, 0.717) is 25.9 Å². The number of rotatable bonds is 7. The maximum atomic E-state index is 11.6. The van der Waals surface area contributed by atoms with Crippen molar-refractivity contribution in [2.75, 3.05) is 13.2 Å². The molecular formula is C23H24O5. The van der Waals surface area contributed by atoms with Gasteiger partial charge in [-0.25, -0.2) is 4.79 Å². The van der Waals surface area contributed by atoms with Crippen LogP contribution in [0.4, 0.5) is 0 Å². The SMILES string of the molecule is O=C(O)C1=C[C@H](c2cccc3c2Cc2ccccc2-3)C[C@H](OCCCCO)O1. The molecule has 28 heavy (non-hydrogen) atoms. The van der Waals surface area contributed by atoms with Crippen LogP contribution in [0.1, 0.15) is 41.9 Å². The van der Waals surface area contributed by atoms with Crippen molar-refractivity contribution in [2.24, 2.45) is 0 Å². The van der Waals surface area contributed by atoms with Crippen LogP contribution >= 0.6 is 0 Å². The molecule has 2 aromatic carbocycles. The molecule has 0 radical (unpaired) electrons. The Hall–Kier alpha value is -2.63. The average Bonchev–Trinajstić information content (AvgIpc) is 3.10. The van der Waals surface area contributed by atoms with Gasteiger partial charge in [-0.2, -0.15) is 0 Å². The van der Waals surface area contributed by atoms with Gasteiger partial charge in [-0.05, 0) is 53.2 Å². The first-order valence-corrected chi connectivity index (χ1v) is 9.71. The van der Waals surface area contributed by atoms with Crippen LogP contribution in [0.15, 0.2) is 54.3 Å². The van der Waals surface area contributed by atoms with Crippen LogP contribution in [-0.2, 0) is 20.7 Å². The highest BCUT2D eigenvalue weighted by Gasteiger charge is 2.31. The Morgan fingerprint density at radius 3 is 2.75 bits per heavy atom. The molecule has 2 N–H and O–H groups in total. The number of aliphatic hydroxyl groups excluding tert-OH is 1. The second-order valence-electron chi connectivity index (χ2n) is 7.23. The smallest absolute Gasteiger partial charge is 0.370 e. The fraction of sp³-hybridized carbons (Fsp3) is 0.348. The first kappa shape index (κ1) is 18.7. The Morgan fingerprint density at radius 1 is 1.11 bits per heavy atom. The summed E-state index contributed by atoms with van der Waals surface area (Å²) in [6.07, 6.45) is 3.90. The van der Waals surface area contributed by atoms with Gasteiger partial charge in [0.15, 0.2) is 0 Å². The number of carboxylic acids is 1. The number of aliphatic carboxylic acids is 1. The Labute approximate surface area is 164 Å². The molecule has 0 amide bonds. The number of allylic oxidation sites excluding steroid dienone is 1. The van der Waals surface area contributed by atoms with Gasteiger partial charge < -0.3 is 19.7 Å². The summed E-state index contributed by atoms with van der Waals surface area (Å²) < 4.78 is 11.3. The lowest BCUT2D eigenvalue weighted by Crippen LogP contribution is -2.27. The zero-order chi connectivity index (χ0) is 19.5. The molecule has 5 nitrogen and oxygen atoms in total. The average molecular weight is 380 g/mol. The topological polar surface area (TPSA) is 76.0 Å². The molecule has 0 aromatic heterocycles. The molecule has 4 rings (SSSR count). The third-order valence-electron chi connectivity index (χ3n) is 5.41. The van der Waals surface area contributed by atoms with Crippen molar-refractivity contribution in [1.29, 1.82) is 0 Å². The van der Waals surface area contributed by atoms with Gasteiger partial charge in [-0.15, -0.1) is 0 Å². The number of ether oxygens (including phenoxy) is 2. The zero-order valence-corrected chi connectivity index (χ0v) is 15.6. The third kappa shape index (κ3) is 3.68. The van der Waals surface area contributed by atoms with E-state index in [1.54, 1.807) is 6.08 Å². The van der Waals surface area contributed by atoms with E-state index in [9.17, 15) is 9.90 Å². The summed E-state index contributed by atoms with van der Waals surface area (Å²) in [5.74, 6) is -1.21. The molecule has 1 aliphatic heterocycles. The third-order valence-corrected chi connectivity index (χ3v) is 5.41. The molecule has 0 fully saturated rings. The summed E-state index contributed by atoms with van der Waals surface area (Å²) in [6.45, 7) is 0.553. The monoisotopic (exact) mass is 380 g/mol. The molecule has 0 spiro atoms. The molecule has 0 bridgehead atoms. The second kappa shape index (κ2) is 8.17. The van der Waals surface area contributed by atoms with E-state index < -0.39 is 12.3 Å².